The number of rotatable bonds is 8. The maximum atomic E-state index is 14.3. The molecule has 0 saturated carbocycles. The number of aryl methyl sites for hydroxylation is 4. The Labute approximate surface area is 308 Å². The third kappa shape index (κ3) is 6.02. The van der Waals surface area contributed by atoms with Gasteiger partial charge >= 0.3 is 0 Å². The van der Waals surface area contributed by atoms with Gasteiger partial charge in [-0.3, -0.25) is 4.79 Å². The highest BCUT2D eigenvalue weighted by molar-refractivity contribution is 5.97. The van der Waals surface area contributed by atoms with E-state index in [9.17, 15) is 4.79 Å². The van der Waals surface area contributed by atoms with Crippen molar-refractivity contribution < 1.29 is 4.79 Å². The molecule has 0 radical (unpaired) electrons. The molecular weight excluding hydrogens is 633 g/mol. The number of allylic oxidation sites excluding steroid dienone is 4. The lowest BCUT2D eigenvalue weighted by Gasteiger charge is -2.18. The quantitative estimate of drug-likeness (QED) is 0.157. The summed E-state index contributed by atoms with van der Waals surface area (Å²) in [5, 5.41) is 2.52. The van der Waals surface area contributed by atoms with Gasteiger partial charge in [-0.1, -0.05) is 110 Å². The first-order valence-corrected chi connectivity index (χ1v) is 19.0. The smallest absolute Gasteiger partial charge is 0.147 e. The van der Waals surface area contributed by atoms with Crippen molar-refractivity contribution in [2.75, 3.05) is 0 Å². The zero-order valence-corrected chi connectivity index (χ0v) is 31.3. The predicted octanol–water partition coefficient (Wildman–Crippen LogP) is 12.0. The molecule has 6 aromatic rings. The van der Waals surface area contributed by atoms with Gasteiger partial charge in [-0.2, -0.15) is 0 Å². The van der Waals surface area contributed by atoms with Crippen LogP contribution in [0.1, 0.15) is 95.4 Å². The fourth-order valence-corrected chi connectivity index (χ4v) is 8.64. The first-order chi connectivity index (χ1) is 25.2. The third-order valence-electron chi connectivity index (χ3n) is 11.4. The van der Waals surface area contributed by atoms with Crippen molar-refractivity contribution in [3.05, 3.63) is 164 Å². The van der Waals surface area contributed by atoms with E-state index in [-0.39, 0.29) is 17.6 Å². The molecule has 3 nitrogen and oxygen atoms in total. The number of ketones is 1. The summed E-state index contributed by atoms with van der Waals surface area (Å²) in [6, 6.07) is 30.8. The van der Waals surface area contributed by atoms with Crippen LogP contribution in [0.4, 0.5) is 0 Å². The molecule has 0 N–H and O–H groups in total. The molecule has 0 fully saturated rings. The number of hydrogen-bond acceptors (Lipinski definition) is 1. The summed E-state index contributed by atoms with van der Waals surface area (Å²) in [4.78, 5) is 14.3. The Morgan fingerprint density at radius 2 is 1.06 bits per heavy atom. The molecule has 4 aromatic carbocycles. The van der Waals surface area contributed by atoms with Gasteiger partial charge in [0.05, 0.1) is 0 Å². The van der Waals surface area contributed by atoms with Gasteiger partial charge in [-0.25, -0.2) is 0 Å². The van der Waals surface area contributed by atoms with Crippen molar-refractivity contribution in [1.29, 1.82) is 0 Å². The number of fused-ring (bicyclic) bond motifs is 6. The molecule has 0 amide bonds. The summed E-state index contributed by atoms with van der Waals surface area (Å²) in [6.45, 7) is 14.7. The van der Waals surface area contributed by atoms with Crippen LogP contribution in [-0.2, 0) is 30.7 Å². The molecular formula is C49H48N2O. The van der Waals surface area contributed by atoms with Gasteiger partial charge in [-0.05, 0) is 109 Å². The molecule has 2 aliphatic rings. The minimum atomic E-state index is -0.224. The first-order valence-electron chi connectivity index (χ1n) is 19.0. The van der Waals surface area contributed by atoms with Crippen LogP contribution in [-0.4, -0.2) is 14.9 Å². The van der Waals surface area contributed by atoms with Crippen LogP contribution in [0.25, 0.3) is 46.1 Å². The summed E-state index contributed by atoms with van der Waals surface area (Å²) in [5.41, 5.74) is 17.6. The van der Waals surface area contributed by atoms with Crippen molar-refractivity contribution in [2.45, 2.75) is 79.3 Å². The molecule has 2 heterocycles. The zero-order chi connectivity index (χ0) is 36.1. The predicted molar refractivity (Wildman–Crippen MR) is 221 cm³/mol. The number of aromatic nitrogens is 2. The standard InChI is InChI=1S/C49H48N2O/c1-7-50-45-19-15-37(25-35-13-9-11-31(3)23-35)27-41(45)43-29-39(17-21-47(43)50)33(5)49(52)34(6)40-18-22-48-44(30-40)42-28-38(16-20-46(42)51(48)8-2)26-36-14-10-12-32(4)24-36/h9-26,29-30,33-34H,7-8,27-28H2,1-6H3. The molecule has 2 aliphatic carbocycles. The van der Waals surface area contributed by atoms with Gasteiger partial charge in [0, 0.05) is 71.0 Å². The molecule has 8 rings (SSSR count). The number of hydrogen-bond donors (Lipinski definition) is 0. The highest BCUT2D eigenvalue weighted by Gasteiger charge is 2.27. The fraction of sp³-hybridized carbons (Fsp3) is 0.245. The minimum Gasteiger partial charge on any atom is -0.341 e. The van der Waals surface area contributed by atoms with Gasteiger partial charge in [-0.15, -0.1) is 0 Å². The highest BCUT2D eigenvalue weighted by atomic mass is 16.1. The SMILES string of the molecule is CCn1c2c(c3cc(C(C)C(=O)C(C)c4ccc5c(c4)c4c(n5CC)C=CC(=Cc5cccc(C)c5)C4)ccc31)CC(=Cc1cccc(C)c1)C=C2. The normalized spacial score (nSPS) is 16.5. The zero-order valence-electron chi connectivity index (χ0n) is 31.3. The maximum absolute atomic E-state index is 14.3. The number of carbonyl (C=O) groups excluding carboxylic acids is 1. The topological polar surface area (TPSA) is 26.9 Å². The Hall–Kier alpha value is -5.41. The summed E-state index contributed by atoms with van der Waals surface area (Å²) < 4.78 is 4.83. The molecule has 52 heavy (non-hydrogen) atoms. The van der Waals surface area contributed by atoms with Crippen molar-refractivity contribution in [2.24, 2.45) is 0 Å². The first kappa shape index (κ1) is 33.7. The van der Waals surface area contributed by atoms with Gasteiger partial charge in [0.2, 0.25) is 0 Å². The van der Waals surface area contributed by atoms with E-state index in [4.69, 9.17) is 0 Å². The Morgan fingerprint density at radius 3 is 1.46 bits per heavy atom. The van der Waals surface area contributed by atoms with Gasteiger partial charge < -0.3 is 9.13 Å². The van der Waals surface area contributed by atoms with Crippen molar-refractivity contribution in [1.82, 2.24) is 9.13 Å². The average molecular weight is 681 g/mol. The van der Waals surface area contributed by atoms with Gasteiger partial charge in [0.1, 0.15) is 5.78 Å². The monoisotopic (exact) mass is 680 g/mol. The summed E-state index contributed by atoms with van der Waals surface area (Å²) >= 11 is 0. The van der Waals surface area contributed by atoms with E-state index in [2.05, 4.69) is 172 Å². The summed E-state index contributed by atoms with van der Waals surface area (Å²) in [7, 11) is 0. The second kappa shape index (κ2) is 13.6. The average Bonchev–Trinajstić information content (AvgIpc) is 3.64. The van der Waals surface area contributed by atoms with Crippen LogP contribution in [0.15, 0.2) is 108 Å². The van der Waals surface area contributed by atoms with E-state index in [0.717, 1.165) is 37.1 Å². The van der Waals surface area contributed by atoms with Crippen molar-refractivity contribution in [3.8, 4) is 0 Å². The van der Waals surface area contributed by atoms with E-state index in [1.807, 2.05) is 0 Å². The molecule has 260 valence electrons. The Morgan fingerprint density at radius 1 is 0.615 bits per heavy atom. The van der Waals surface area contributed by atoms with Crippen LogP contribution in [0.2, 0.25) is 0 Å². The fourth-order valence-electron chi connectivity index (χ4n) is 8.64. The van der Waals surface area contributed by atoms with Crippen LogP contribution in [0.5, 0.6) is 0 Å². The lowest BCUT2D eigenvalue weighted by Crippen LogP contribution is -2.16. The number of nitrogens with zero attached hydrogens (tertiary/aromatic N) is 2. The van der Waals surface area contributed by atoms with E-state index < -0.39 is 0 Å². The highest BCUT2D eigenvalue weighted by Crippen LogP contribution is 2.38. The molecule has 0 aliphatic heterocycles. The molecule has 3 heteroatoms. The molecule has 2 unspecified atom stereocenters. The van der Waals surface area contributed by atoms with Gasteiger partial charge in [0.25, 0.3) is 0 Å². The molecule has 2 atom stereocenters. The van der Waals surface area contributed by atoms with Crippen molar-refractivity contribution >= 4 is 51.9 Å². The molecule has 0 saturated heterocycles. The Kier molecular flexibility index (Phi) is 8.83. The Bertz CT molecular complexity index is 2330. The lowest BCUT2D eigenvalue weighted by molar-refractivity contribution is -0.121. The van der Waals surface area contributed by atoms with E-state index in [1.54, 1.807) is 0 Å². The summed E-state index contributed by atoms with van der Waals surface area (Å²) in [6.07, 6.45) is 15.5. The van der Waals surface area contributed by atoms with Crippen LogP contribution >= 0.6 is 0 Å². The third-order valence-corrected chi connectivity index (χ3v) is 11.4. The second-order valence-electron chi connectivity index (χ2n) is 14.9. The van der Waals surface area contributed by atoms with Crippen LogP contribution in [0, 0.1) is 13.8 Å². The number of carbonyl (C=O) groups is 1. The number of Topliss-reactive ketones (excluding diaryl/α,β-unsaturated/α-hetero) is 1. The minimum absolute atomic E-state index is 0.224. The largest absolute Gasteiger partial charge is 0.341 e. The van der Waals surface area contributed by atoms with Crippen LogP contribution < -0.4 is 0 Å². The molecule has 0 spiro atoms. The number of benzene rings is 4. The Balaban J connectivity index is 1.09. The molecule has 0 bridgehead atoms. The van der Waals surface area contributed by atoms with E-state index in [1.165, 1.54) is 77.7 Å². The van der Waals surface area contributed by atoms with Gasteiger partial charge in [0.15, 0.2) is 0 Å². The second-order valence-corrected chi connectivity index (χ2v) is 14.9. The lowest BCUT2D eigenvalue weighted by atomic mass is 9.84. The maximum Gasteiger partial charge on any atom is 0.147 e. The van der Waals surface area contributed by atoms with E-state index >= 15 is 0 Å². The summed E-state index contributed by atoms with van der Waals surface area (Å²) in [5.74, 6) is -0.192. The van der Waals surface area contributed by atoms with Crippen molar-refractivity contribution in [3.63, 3.8) is 0 Å². The van der Waals surface area contributed by atoms with E-state index in [0.29, 0.717) is 0 Å². The van der Waals surface area contributed by atoms with Crippen LogP contribution in [0.3, 0.4) is 0 Å². The molecule has 2 aromatic heterocycles.